The van der Waals surface area contributed by atoms with Crippen LogP contribution in [-0.2, 0) is 16.0 Å². The van der Waals surface area contributed by atoms with Crippen LogP contribution in [0.25, 0.3) is 0 Å². The maximum Gasteiger partial charge on any atom is 0.242 e. The molecule has 4 rings (SSSR count). The first-order valence-corrected chi connectivity index (χ1v) is 13.2. The summed E-state index contributed by atoms with van der Waals surface area (Å²) in [6, 6.07) is 32.2. The van der Waals surface area contributed by atoms with Gasteiger partial charge in [-0.25, -0.2) is 0 Å². The van der Waals surface area contributed by atoms with Gasteiger partial charge in [0.1, 0.15) is 5.25 Å². The van der Waals surface area contributed by atoms with E-state index in [1.807, 2.05) is 91.0 Å². The lowest BCUT2D eigenvalue weighted by atomic mass is 10.1. The lowest BCUT2D eigenvalue weighted by molar-refractivity contribution is -0.116. The lowest BCUT2D eigenvalue weighted by Crippen LogP contribution is -2.19. The van der Waals surface area contributed by atoms with Crippen LogP contribution in [0.5, 0.6) is 0 Å². The van der Waals surface area contributed by atoms with E-state index in [2.05, 4.69) is 33.2 Å². The number of rotatable bonds is 8. The van der Waals surface area contributed by atoms with E-state index in [4.69, 9.17) is 11.6 Å². The van der Waals surface area contributed by atoms with Crippen LogP contribution < -0.4 is 10.6 Å². The predicted octanol–water partition coefficient (Wildman–Crippen LogP) is 7.60. The molecule has 2 amide bonds. The number of hydrogen-bond acceptors (Lipinski definition) is 3. The van der Waals surface area contributed by atoms with Crippen LogP contribution in [0.3, 0.4) is 0 Å². The van der Waals surface area contributed by atoms with Crippen LogP contribution in [0.2, 0.25) is 5.02 Å². The van der Waals surface area contributed by atoms with Gasteiger partial charge < -0.3 is 10.6 Å². The second-order valence-electron chi connectivity index (χ2n) is 7.78. The van der Waals surface area contributed by atoms with Gasteiger partial charge in [-0.05, 0) is 94.4 Å². The summed E-state index contributed by atoms with van der Waals surface area (Å²) in [5, 5.41) is 6.15. The Morgan fingerprint density at radius 1 is 0.771 bits per heavy atom. The Morgan fingerprint density at radius 3 is 2.03 bits per heavy atom. The highest BCUT2D eigenvalue weighted by atomic mass is 127. The second kappa shape index (κ2) is 12.2. The van der Waals surface area contributed by atoms with E-state index < -0.39 is 5.25 Å². The molecule has 176 valence electrons. The molecular weight excluding hydrogens is 591 g/mol. The Balaban J connectivity index is 1.43. The molecule has 0 saturated heterocycles. The highest BCUT2D eigenvalue weighted by Crippen LogP contribution is 2.36. The quantitative estimate of drug-likeness (QED) is 0.159. The van der Waals surface area contributed by atoms with Gasteiger partial charge in [-0.3, -0.25) is 9.59 Å². The van der Waals surface area contributed by atoms with Crippen molar-refractivity contribution in [1.29, 1.82) is 0 Å². The van der Waals surface area contributed by atoms with Crippen molar-refractivity contribution < 1.29 is 9.59 Å². The number of anilines is 2. The minimum atomic E-state index is -0.430. The summed E-state index contributed by atoms with van der Waals surface area (Å²) in [6.45, 7) is 0. The Bertz CT molecular complexity index is 1280. The summed E-state index contributed by atoms with van der Waals surface area (Å²) in [7, 11) is 0. The Labute approximate surface area is 227 Å². The van der Waals surface area contributed by atoms with Crippen molar-refractivity contribution in [1.82, 2.24) is 0 Å². The molecule has 0 radical (unpaired) electrons. The summed E-state index contributed by atoms with van der Waals surface area (Å²) < 4.78 is 1.11. The fourth-order valence-corrected chi connectivity index (χ4v) is 4.90. The van der Waals surface area contributed by atoms with Crippen molar-refractivity contribution in [3.05, 3.63) is 123 Å². The van der Waals surface area contributed by atoms with Crippen molar-refractivity contribution in [2.45, 2.75) is 16.6 Å². The van der Waals surface area contributed by atoms with Gasteiger partial charge in [-0.2, -0.15) is 0 Å². The Kier molecular flexibility index (Phi) is 8.84. The molecule has 0 aliphatic carbocycles. The number of hydrogen-bond donors (Lipinski definition) is 2. The van der Waals surface area contributed by atoms with E-state index in [1.54, 1.807) is 12.1 Å². The average Bonchev–Trinajstić information content (AvgIpc) is 2.87. The molecule has 35 heavy (non-hydrogen) atoms. The van der Waals surface area contributed by atoms with Gasteiger partial charge in [0.05, 0.1) is 6.42 Å². The van der Waals surface area contributed by atoms with Gasteiger partial charge in [0.15, 0.2) is 0 Å². The van der Waals surface area contributed by atoms with Gasteiger partial charge in [0, 0.05) is 24.9 Å². The molecule has 0 spiro atoms. The molecule has 0 aliphatic rings. The molecule has 4 aromatic rings. The molecule has 0 aromatic heterocycles. The van der Waals surface area contributed by atoms with Crippen LogP contribution in [-0.4, -0.2) is 11.8 Å². The van der Waals surface area contributed by atoms with Crippen molar-refractivity contribution in [3.63, 3.8) is 0 Å². The number of halogens is 2. The number of thioether (sulfide) groups is 1. The van der Waals surface area contributed by atoms with Crippen molar-refractivity contribution in [2.24, 2.45) is 0 Å². The monoisotopic (exact) mass is 612 g/mol. The zero-order chi connectivity index (χ0) is 24.6. The van der Waals surface area contributed by atoms with Gasteiger partial charge in [0.2, 0.25) is 11.8 Å². The summed E-state index contributed by atoms with van der Waals surface area (Å²) in [4.78, 5) is 26.5. The van der Waals surface area contributed by atoms with Gasteiger partial charge in [-0.1, -0.05) is 54.1 Å². The molecule has 0 bridgehead atoms. The van der Waals surface area contributed by atoms with Crippen LogP contribution >= 0.6 is 46.0 Å². The van der Waals surface area contributed by atoms with E-state index in [9.17, 15) is 9.59 Å². The SMILES string of the molecule is O=C(Cc1ccc(Cl)cc1)Nc1ccc(SC(C(=O)Nc2ccc(I)cc2)c2ccccc2)cc1. The van der Waals surface area contributed by atoms with Gasteiger partial charge in [0.25, 0.3) is 0 Å². The third-order valence-electron chi connectivity index (χ3n) is 5.12. The van der Waals surface area contributed by atoms with Crippen molar-refractivity contribution in [3.8, 4) is 0 Å². The van der Waals surface area contributed by atoms with E-state index in [0.29, 0.717) is 10.7 Å². The molecule has 4 nitrogen and oxygen atoms in total. The first kappa shape index (κ1) is 25.3. The fourth-order valence-electron chi connectivity index (χ4n) is 3.39. The third-order valence-corrected chi connectivity index (χ3v) is 7.36. The largest absolute Gasteiger partial charge is 0.326 e. The van der Waals surface area contributed by atoms with E-state index in [-0.39, 0.29) is 18.2 Å². The normalized spacial score (nSPS) is 11.5. The molecule has 2 N–H and O–H groups in total. The number of benzene rings is 4. The number of carbonyl (C=O) groups excluding carboxylic acids is 2. The number of carbonyl (C=O) groups is 2. The zero-order valence-corrected chi connectivity index (χ0v) is 22.3. The minimum absolute atomic E-state index is 0.0947. The summed E-state index contributed by atoms with van der Waals surface area (Å²) >= 11 is 9.61. The van der Waals surface area contributed by atoms with E-state index in [0.717, 1.165) is 25.3 Å². The summed E-state index contributed by atoms with van der Waals surface area (Å²) in [5.74, 6) is -0.200. The molecule has 0 saturated carbocycles. The highest BCUT2D eigenvalue weighted by Gasteiger charge is 2.22. The molecule has 0 aliphatic heterocycles. The smallest absolute Gasteiger partial charge is 0.242 e. The first-order valence-electron chi connectivity index (χ1n) is 10.9. The molecule has 1 unspecified atom stereocenters. The molecule has 4 aromatic carbocycles. The lowest BCUT2D eigenvalue weighted by Gasteiger charge is -2.17. The number of nitrogens with one attached hydrogen (secondary N) is 2. The van der Waals surface area contributed by atoms with Crippen LogP contribution in [0, 0.1) is 3.57 Å². The minimum Gasteiger partial charge on any atom is -0.326 e. The molecule has 1 atom stereocenters. The average molecular weight is 613 g/mol. The van der Waals surface area contributed by atoms with Crippen LogP contribution in [0.1, 0.15) is 16.4 Å². The Hall–Kier alpha value is -2.81. The molecule has 7 heteroatoms. The van der Waals surface area contributed by atoms with Crippen LogP contribution in [0.4, 0.5) is 11.4 Å². The van der Waals surface area contributed by atoms with E-state index in [1.165, 1.54) is 11.8 Å². The predicted molar refractivity (Wildman–Crippen MR) is 153 cm³/mol. The highest BCUT2D eigenvalue weighted by molar-refractivity contribution is 14.1. The third kappa shape index (κ3) is 7.59. The Morgan fingerprint density at radius 2 is 1.37 bits per heavy atom. The zero-order valence-electron chi connectivity index (χ0n) is 18.6. The molecular formula is C28H22ClIN2O2S. The molecule has 0 heterocycles. The van der Waals surface area contributed by atoms with E-state index >= 15 is 0 Å². The van der Waals surface area contributed by atoms with Crippen molar-refractivity contribution in [2.75, 3.05) is 10.6 Å². The maximum absolute atomic E-state index is 13.2. The van der Waals surface area contributed by atoms with Crippen molar-refractivity contribution >= 4 is 69.1 Å². The maximum atomic E-state index is 13.2. The molecule has 0 fully saturated rings. The second-order valence-corrected chi connectivity index (χ2v) is 10.6. The summed E-state index contributed by atoms with van der Waals surface area (Å²) in [5.41, 5.74) is 3.27. The van der Waals surface area contributed by atoms with Gasteiger partial charge >= 0.3 is 0 Å². The number of amides is 2. The fraction of sp³-hybridized carbons (Fsp3) is 0.0714. The summed E-state index contributed by atoms with van der Waals surface area (Å²) in [6.07, 6.45) is 0.266. The topological polar surface area (TPSA) is 58.2 Å². The van der Waals surface area contributed by atoms with Crippen LogP contribution in [0.15, 0.2) is 108 Å². The van der Waals surface area contributed by atoms with Gasteiger partial charge in [-0.15, -0.1) is 11.8 Å². The standard InChI is InChI=1S/C28H22ClIN2O2S/c29-21-8-6-19(7-9-21)18-26(33)31-23-14-16-25(17-15-23)35-27(20-4-2-1-3-5-20)28(34)32-24-12-10-22(30)11-13-24/h1-17,27H,18H2,(H,31,33)(H,32,34). The first-order chi connectivity index (χ1) is 17.0.